The van der Waals surface area contributed by atoms with E-state index in [-0.39, 0.29) is 38.3 Å². The summed E-state index contributed by atoms with van der Waals surface area (Å²) >= 11 is 0. The lowest BCUT2D eigenvalue weighted by atomic mass is 9.93. The molecule has 1 aliphatic carbocycles. The molecule has 40 heavy (non-hydrogen) atoms. The largest absolute Gasteiger partial charge is 0.395 e. The third-order valence-electron chi connectivity index (χ3n) is 8.41. The number of nitrogens with one attached hydrogen (secondary N) is 1. The number of piperidine rings is 2. The van der Waals surface area contributed by atoms with Gasteiger partial charge >= 0.3 is 0 Å². The van der Waals surface area contributed by atoms with Gasteiger partial charge in [-0.05, 0) is 62.3 Å². The number of rotatable bonds is 8. The van der Waals surface area contributed by atoms with Gasteiger partial charge in [0.05, 0.1) is 24.2 Å². The number of anilines is 3. The number of nitrogens with zero attached hydrogens (tertiary/aromatic N) is 6. The number of aryl methyl sites for hydroxylation is 1. The molecule has 12 heteroatoms. The van der Waals surface area contributed by atoms with E-state index >= 15 is 0 Å². The van der Waals surface area contributed by atoms with Crippen LogP contribution in [0.25, 0.3) is 16.9 Å². The van der Waals surface area contributed by atoms with Crippen molar-refractivity contribution in [2.24, 2.45) is 5.41 Å². The molecule has 1 aromatic carbocycles. The van der Waals surface area contributed by atoms with Gasteiger partial charge in [0.1, 0.15) is 22.5 Å². The zero-order valence-electron chi connectivity index (χ0n) is 22.7. The third kappa shape index (κ3) is 5.83. The molecule has 9 nitrogen and oxygen atoms in total. The number of alkyl halides is 2. The van der Waals surface area contributed by atoms with E-state index in [2.05, 4.69) is 24.9 Å². The van der Waals surface area contributed by atoms with Gasteiger partial charge in [-0.1, -0.05) is 5.21 Å². The quantitative estimate of drug-likeness (QED) is 0.416. The highest BCUT2D eigenvalue weighted by molar-refractivity contribution is 7.86. The summed E-state index contributed by atoms with van der Waals surface area (Å²) < 4.78 is 44.4. The Kier molecular flexibility index (Phi) is 7.24. The molecular formula is C28H35F2N7O2S. The minimum atomic E-state index is -2.62. The number of aromatic nitrogens is 4. The van der Waals surface area contributed by atoms with Crippen LogP contribution < -0.4 is 14.5 Å². The van der Waals surface area contributed by atoms with Crippen LogP contribution in [-0.2, 0) is 11.0 Å². The highest BCUT2D eigenvalue weighted by Crippen LogP contribution is 2.54. The Morgan fingerprint density at radius 3 is 2.42 bits per heavy atom. The van der Waals surface area contributed by atoms with Crippen LogP contribution in [0, 0.1) is 12.3 Å². The molecule has 214 valence electrons. The summed E-state index contributed by atoms with van der Waals surface area (Å²) in [6, 6.07) is 9.64. The van der Waals surface area contributed by atoms with Crippen molar-refractivity contribution in [3.63, 3.8) is 0 Å². The standard InChI is InChI=1S/C28H35F2N7O2S/c1-20-16-22(18-26(31-20)36-12-8-28(29,30)9-13-36)37-19-24(32-34-37)23-3-2-21(33-40(39)15-14-38)17-25(23)35-10-6-27(4-5-27)7-11-35/h2-3,16-19,33,38H,4-15H2,1H3. The smallest absolute Gasteiger partial charge is 0.251 e. The molecule has 3 fully saturated rings. The Bertz CT molecular complexity index is 1390. The van der Waals surface area contributed by atoms with Crippen molar-refractivity contribution >= 4 is 28.2 Å². The van der Waals surface area contributed by atoms with Crippen LogP contribution in [0.1, 0.15) is 44.2 Å². The molecule has 1 unspecified atom stereocenters. The van der Waals surface area contributed by atoms with E-state index in [9.17, 15) is 13.0 Å². The van der Waals surface area contributed by atoms with Crippen molar-refractivity contribution in [3.05, 3.63) is 42.2 Å². The lowest BCUT2D eigenvalue weighted by Gasteiger charge is -2.35. The Morgan fingerprint density at radius 1 is 1.00 bits per heavy atom. The first kappa shape index (κ1) is 27.1. The SMILES string of the molecule is Cc1cc(-n2cc(-c3ccc(NS(=O)CCO)cc3N3CCC4(CC3)CC4)nn2)cc(N2CCC(F)(F)CC2)n1. The van der Waals surface area contributed by atoms with Gasteiger partial charge in [-0.25, -0.2) is 22.7 Å². The van der Waals surface area contributed by atoms with Crippen LogP contribution in [0.3, 0.4) is 0 Å². The molecule has 2 aromatic heterocycles. The first-order valence-electron chi connectivity index (χ1n) is 13.9. The lowest BCUT2D eigenvalue weighted by Crippen LogP contribution is -2.39. The number of pyridine rings is 1. The second-order valence-corrected chi connectivity index (χ2v) is 12.6. The maximum Gasteiger partial charge on any atom is 0.251 e. The minimum absolute atomic E-state index is 0.150. The Morgan fingerprint density at radius 2 is 1.73 bits per heavy atom. The van der Waals surface area contributed by atoms with Crippen LogP contribution in [0.15, 0.2) is 36.5 Å². The summed E-state index contributed by atoms with van der Waals surface area (Å²) in [6.07, 6.45) is 6.48. The average Bonchev–Trinajstić information content (AvgIpc) is 3.49. The van der Waals surface area contributed by atoms with E-state index in [4.69, 9.17) is 5.11 Å². The summed E-state index contributed by atoms with van der Waals surface area (Å²) in [5, 5.41) is 18.1. The molecule has 2 saturated heterocycles. The highest BCUT2D eigenvalue weighted by atomic mass is 32.2. The molecule has 1 saturated carbocycles. The molecule has 0 amide bonds. The highest BCUT2D eigenvalue weighted by Gasteiger charge is 2.44. The van der Waals surface area contributed by atoms with E-state index in [0.29, 0.717) is 16.9 Å². The van der Waals surface area contributed by atoms with E-state index in [1.165, 1.54) is 12.8 Å². The summed E-state index contributed by atoms with van der Waals surface area (Å²) in [4.78, 5) is 8.88. The fraction of sp³-hybridized carbons (Fsp3) is 0.536. The summed E-state index contributed by atoms with van der Waals surface area (Å²) in [6.45, 7) is 4.16. The molecule has 4 heterocycles. The zero-order valence-corrected chi connectivity index (χ0v) is 23.5. The normalized spacial score (nSPS) is 20.5. The van der Waals surface area contributed by atoms with Crippen molar-refractivity contribution in [1.29, 1.82) is 0 Å². The predicted molar refractivity (Wildman–Crippen MR) is 153 cm³/mol. The van der Waals surface area contributed by atoms with Gasteiger partial charge in [0, 0.05) is 67.7 Å². The molecular weight excluding hydrogens is 536 g/mol. The fourth-order valence-electron chi connectivity index (χ4n) is 5.74. The van der Waals surface area contributed by atoms with E-state index in [1.54, 1.807) is 4.68 Å². The van der Waals surface area contributed by atoms with Crippen LogP contribution in [0.2, 0.25) is 0 Å². The maximum absolute atomic E-state index is 13.7. The second-order valence-electron chi connectivity index (χ2n) is 11.3. The summed E-state index contributed by atoms with van der Waals surface area (Å²) in [5.74, 6) is -1.80. The monoisotopic (exact) mass is 571 g/mol. The van der Waals surface area contributed by atoms with E-state index < -0.39 is 16.9 Å². The molecule has 3 aromatic rings. The van der Waals surface area contributed by atoms with Gasteiger partial charge in [0.25, 0.3) is 5.92 Å². The number of halogens is 2. The molecule has 2 aliphatic heterocycles. The first-order valence-corrected chi connectivity index (χ1v) is 15.2. The number of aliphatic hydroxyl groups is 1. The molecule has 0 bridgehead atoms. The number of hydrogen-bond acceptors (Lipinski definition) is 7. The summed E-state index contributed by atoms with van der Waals surface area (Å²) in [7, 11) is -1.37. The molecule has 3 aliphatic rings. The molecule has 1 atom stereocenters. The summed E-state index contributed by atoms with van der Waals surface area (Å²) in [5.41, 5.74) is 5.45. The number of benzene rings is 1. The Balaban J connectivity index is 1.29. The van der Waals surface area contributed by atoms with Crippen molar-refractivity contribution in [2.75, 3.05) is 53.1 Å². The molecule has 6 rings (SSSR count). The van der Waals surface area contributed by atoms with Gasteiger partial charge in [-0.2, -0.15) is 0 Å². The van der Waals surface area contributed by atoms with Crippen LogP contribution in [0.5, 0.6) is 0 Å². The van der Waals surface area contributed by atoms with Crippen LogP contribution >= 0.6 is 0 Å². The Labute approximate surface area is 235 Å². The fourth-order valence-corrected chi connectivity index (χ4v) is 6.40. The minimum Gasteiger partial charge on any atom is -0.395 e. The van der Waals surface area contributed by atoms with Gasteiger partial charge < -0.3 is 19.6 Å². The van der Waals surface area contributed by atoms with Gasteiger partial charge in [-0.3, -0.25) is 0 Å². The van der Waals surface area contributed by atoms with Crippen molar-refractivity contribution in [1.82, 2.24) is 20.0 Å². The van der Waals surface area contributed by atoms with E-state index in [1.807, 2.05) is 48.4 Å². The molecule has 0 radical (unpaired) electrons. The molecule has 1 spiro atoms. The van der Waals surface area contributed by atoms with Gasteiger partial charge in [0.15, 0.2) is 0 Å². The predicted octanol–water partition coefficient (Wildman–Crippen LogP) is 4.32. The number of aliphatic hydroxyl groups excluding tert-OH is 1. The van der Waals surface area contributed by atoms with E-state index in [0.717, 1.165) is 54.3 Å². The second kappa shape index (κ2) is 10.7. The Hall–Kier alpha value is -3.12. The van der Waals surface area contributed by atoms with Crippen LogP contribution in [0.4, 0.5) is 26.0 Å². The topological polar surface area (TPSA) is 99.4 Å². The van der Waals surface area contributed by atoms with Crippen molar-refractivity contribution < 1.29 is 18.1 Å². The first-order chi connectivity index (χ1) is 19.2. The average molecular weight is 572 g/mol. The molecule has 2 N–H and O–H groups in total. The van der Waals surface area contributed by atoms with Gasteiger partial charge in [-0.15, -0.1) is 5.10 Å². The van der Waals surface area contributed by atoms with Crippen molar-refractivity contribution in [2.45, 2.75) is 51.4 Å². The number of hydrogen-bond donors (Lipinski definition) is 2. The lowest BCUT2D eigenvalue weighted by molar-refractivity contribution is -0.0221. The maximum atomic E-state index is 13.7. The third-order valence-corrected chi connectivity index (χ3v) is 9.42. The van der Waals surface area contributed by atoms with Gasteiger partial charge in [0.2, 0.25) is 0 Å². The van der Waals surface area contributed by atoms with Crippen LogP contribution in [-0.4, -0.2) is 73.8 Å². The zero-order chi connectivity index (χ0) is 27.9. The van der Waals surface area contributed by atoms with Crippen molar-refractivity contribution in [3.8, 4) is 16.9 Å².